The molecule has 10 nitrogen and oxygen atoms in total. The summed E-state index contributed by atoms with van der Waals surface area (Å²) in [5, 5.41) is 12.7. The minimum absolute atomic E-state index is 0.131. The average Bonchev–Trinajstić information content (AvgIpc) is 3.47. The van der Waals surface area contributed by atoms with Crippen molar-refractivity contribution >= 4 is 52.5 Å². The van der Waals surface area contributed by atoms with Crippen molar-refractivity contribution in [1.29, 1.82) is 0 Å². The zero-order chi connectivity index (χ0) is 35.9. The van der Waals surface area contributed by atoms with Gasteiger partial charge in [-0.3, -0.25) is 29.5 Å². The summed E-state index contributed by atoms with van der Waals surface area (Å²) >= 11 is 12.7. The third-order valence-electron chi connectivity index (χ3n) is 10.8. The first-order chi connectivity index (χ1) is 23.7. The second-order valence-corrected chi connectivity index (χ2v) is 15.2. The van der Waals surface area contributed by atoms with Crippen molar-refractivity contribution in [1.82, 2.24) is 9.91 Å². The normalized spacial score (nSPS) is 27.5. The summed E-state index contributed by atoms with van der Waals surface area (Å²) in [6.45, 7) is 5.49. The monoisotopic (exact) mass is 717 g/mol. The quantitative estimate of drug-likeness (QED) is 0.219. The van der Waals surface area contributed by atoms with Crippen LogP contribution in [0.5, 0.6) is 17.2 Å². The fourth-order valence-electron chi connectivity index (χ4n) is 8.77. The highest BCUT2D eigenvalue weighted by molar-refractivity contribution is 6.36. The van der Waals surface area contributed by atoms with E-state index in [0.717, 1.165) is 10.6 Å². The Balaban J connectivity index is 1.47. The largest absolute Gasteiger partial charge is 0.504 e. The van der Waals surface area contributed by atoms with Gasteiger partial charge >= 0.3 is 0 Å². The van der Waals surface area contributed by atoms with E-state index in [1.165, 1.54) is 18.1 Å². The van der Waals surface area contributed by atoms with E-state index >= 15 is 4.79 Å². The highest BCUT2D eigenvalue weighted by Gasteiger charge is 2.70. The molecular weight excluding hydrogens is 681 g/mol. The highest BCUT2D eigenvalue weighted by atomic mass is 35.5. The molecule has 2 aliphatic heterocycles. The number of hydrogen-bond acceptors (Lipinski definition) is 8. The number of imide groups is 2. The van der Waals surface area contributed by atoms with Crippen molar-refractivity contribution in [3.8, 4) is 17.2 Å². The Morgan fingerprint density at radius 2 is 1.60 bits per heavy atom. The number of phenolic OH excluding ortho intramolecular Hbond substituents is 1. The smallest absolute Gasteiger partial charge is 0.260 e. The van der Waals surface area contributed by atoms with Gasteiger partial charge in [-0.05, 0) is 93.1 Å². The molecule has 6 atom stereocenters. The van der Waals surface area contributed by atoms with Crippen LogP contribution in [0.1, 0.15) is 50.7 Å². The molecular formula is C38H37Cl2N3O7. The highest BCUT2D eigenvalue weighted by Crippen LogP contribution is 2.64. The Kier molecular flexibility index (Phi) is 8.18. The summed E-state index contributed by atoms with van der Waals surface area (Å²) < 4.78 is 10.8. The molecule has 0 bridgehead atoms. The van der Waals surface area contributed by atoms with Gasteiger partial charge in [-0.1, -0.05) is 53.1 Å². The number of aromatic hydroxyl groups is 1. The standard InChI is InChI=1S/C38H37Cl2N3O7/c1-37(2,3)42-33(45)24-13-12-23-25(31(24)35(42)47)18-26-34(46)43(41-28-14-9-21(39)17-27(28)40)36(48)38(26,20-7-10-22(49-4)11-8-20)32(23)19-6-15-30(50-5)29(44)16-19/h6-12,14-17,24-26,31-32,41,44H,13,18H2,1-5H3/t24-,25+,26-,31-,32-,38+/m0/s1. The van der Waals surface area contributed by atoms with Crippen molar-refractivity contribution in [2.75, 3.05) is 19.6 Å². The van der Waals surface area contributed by atoms with Gasteiger partial charge in [0.15, 0.2) is 11.5 Å². The molecule has 0 spiro atoms. The summed E-state index contributed by atoms with van der Waals surface area (Å²) in [5.74, 6) is -4.57. The number of carbonyl (C=O) groups excluding carboxylic acids is 4. The number of hydrogen-bond donors (Lipinski definition) is 2. The molecule has 260 valence electrons. The van der Waals surface area contributed by atoms with E-state index < -0.39 is 52.4 Å². The molecule has 3 fully saturated rings. The van der Waals surface area contributed by atoms with E-state index in [-0.39, 0.29) is 34.8 Å². The Hall–Kier alpha value is -4.54. The van der Waals surface area contributed by atoms with E-state index in [2.05, 4.69) is 5.43 Å². The van der Waals surface area contributed by atoms with Crippen LogP contribution in [-0.4, -0.2) is 58.4 Å². The Bertz CT molecular complexity index is 1970. The van der Waals surface area contributed by atoms with E-state index in [4.69, 9.17) is 32.7 Å². The van der Waals surface area contributed by atoms with E-state index in [0.29, 0.717) is 34.0 Å². The van der Waals surface area contributed by atoms with Crippen LogP contribution in [0.15, 0.2) is 72.3 Å². The summed E-state index contributed by atoms with van der Waals surface area (Å²) in [5.41, 5.74) is 2.88. The van der Waals surface area contributed by atoms with Gasteiger partial charge in [-0.25, -0.2) is 0 Å². The third-order valence-corrected chi connectivity index (χ3v) is 11.3. The maximum Gasteiger partial charge on any atom is 0.260 e. The number of nitrogens with zero attached hydrogens (tertiary/aromatic N) is 2. The number of likely N-dealkylation sites (tertiary alicyclic amines) is 1. The van der Waals surface area contributed by atoms with Crippen molar-refractivity contribution in [3.63, 3.8) is 0 Å². The first kappa shape index (κ1) is 33.9. The molecule has 4 aliphatic rings. The molecule has 0 radical (unpaired) electrons. The van der Waals surface area contributed by atoms with Gasteiger partial charge in [0.1, 0.15) is 5.75 Å². The van der Waals surface area contributed by atoms with Gasteiger partial charge in [-0.2, -0.15) is 5.01 Å². The van der Waals surface area contributed by atoms with Crippen LogP contribution < -0.4 is 14.9 Å². The van der Waals surface area contributed by atoms with Crippen LogP contribution in [-0.2, 0) is 24.6 Å². The first-order valence-electron chi connectivity index (χ1n) is 16.4. The molecule has 2 N–H and O–H groups in total. The lowest BCUT2D eigenvalue weighted by atomic mass is 9.49. The zero-order valence-electron chi connectivity index (χ0n) is 28.2. The third kappa shape index (κ3) is 4.90. The van der Waals surface area contributed by atoms with Crippen LogP contribution in [0.4, 0.5) is 5.69 Å². The SMILES string of the molecule is COc1ccc([C@@]23C(=O)N(Nc4ccc(Cl)cc4Cl)C(=O)[C@@H]2C[C@@H]2C(=CC[C@@H]4C(=O)N(C(C)(C)C)C(=O)[C@@H]42)[C@@H]3c2ccc(OC)c(O)c2)cc1. The molecule has 4 amide bonds. The Morgan fingerprint density at radius 1 is 0.880 bits per heavy atom. The predicted molar refractivity (Wildman–Crippen MR) is 187 cm³/mol. The number of phenols is 1. The number of methoxy groups -OCH3 is 2. The predicted octanol–water partition coefficient (Wildman–Crippen LogP) is 6.50. The van der Waals surface area contributed by atoms with Gasteiger partial charge in [-0.15, -0.1) is 0 Å². The fourth-order valence-corrected chi connectivity index (χ4v) is 9.22. The number of halogens is 2. The number of ether oxygens (including phenoxy) is 2. The van der Waals surface area contributed by atoms with Gasteiger partial charge in [0.25, 0.3) is 11.8 Å². The maximum atomic E-state index is 15.3. The molecule has 1 saturated carbocycles. The van der Waals surface area contributed by atoms with Gasteiger partial charge < -0.3 is 14.6 Å². The van der Waals surface area contributed by atoms with E-state index in [9.17, 15) is 19.5 Å². The average molecular weight is 719 g/mol. The molecule has 3 aromatic carbocycles. The summed E-state index contributed by atoms with van der Waals surface area (Å²) in [4.78, 5) is 59.5. The topological polar surface area (TPSA) is 125 Å². The molecule has 0 unspecified atom stereocenters. The number of amides is 4. The number of allylic oxidation sites excluding steroid dienone is 2. The molecule has 2 aliphatic carbocycles. The number of benzene rings is 3. The molecule has 2 heterocycles. The Morgan fingerprint density at radius 3 is 2.22 bits per heavy atom. The number of anilines is 1. The zero-order valence-corrected chi connectivity index (χ0v) is 29.7. The summed E-state index contributed by atoms with van der Waals surface area (Å²) in [6.07, 6.45) is 2.40. The minimum atomic E-state index is -1.54. The van der Waals surface area contributed by atoms with Crippen molar-refractivity contribution in [2.24, 2.45) is 23.7 Å². The van der Waals surface area contributed by atoms with Crippen LogP contribution in [0, 0.1) is 23.7 Å². The molecule has 12 heteroatoms. The number of nitrogens with one attached hydrogen (secondary N) is 1. The van der Waals surface area contributed by atoms with Crippen LogP contribution in [0.2, 0.25) is 10.0 Å². The first-order valence-corrected chi connectivity index (χ1v) is 17.2. The number of hydrazine groups is 1. The molecule has 2 saturated heterocycles. The second kappa shape index (κ2) is 12.1. The van der Waals surface area contributed by atoms with Crippen molar-refractivity contribution in [2.45, 2.75) is 50.5 Å². The molecule has 7 rings (SSSR count). The lowest BCUT2D eigenvalue weighted by Gasteiger charge is -2.50. The second-order valence-electron chi connectivity index (χ2n) is 14.3. The van der Waals surface area contributed by atoms with Crippen LogP contribution >= 0.6 is 23.2 Å². The number of fused-ring (bicyclic) bond motifs is 4. The lowest BCUT2D eigenvalue weighted by molar-refractivity contribution is -0.146. The van der Waals surface area contributed by atoms with Crippen molar-refractivity contribution in [3.05, 3.63) is 93.5 Å². The summed E-state index contributed by atoms with van der Waals surface area (Å²) in [6, 6.07) is 16.7. The lowest BCUT2D eigenvalue weighted by Crippen LogP contribution is -2.53. The number of carbonyl (C=O) groups is 4. The summed E-state index contributed by atoms with van der Waals surface area (Å²) in [7, 11) is 2.98. The van der Waals surface area contributed by atoms with Gasteiger partial charge in [0, 0.05) is 16.5 Å². The van der Waals surface area contributed by atoms with Gasteiger partial charge in [0.05, 0.1) is 48.1 Å². The minimum Gasteiger partial charge on any atom is -0.504 e. The molecule has 3 aromatic rings. The Labute approximate surface area is 299 Å². The van der Waals surface area contributed by atoms with Gasteiger partial charge in [0.2, 0.25) is 11.8 Å². The fraction of sp³-hybridized carbons (Fsp3) is 0.368. The van der Waals surface area contributed by atoms with E-state index in [1.54, 1.807) is 61.7 Å². The number of rotatable bonds is 6. The maximum absolute atomic E-state index is 15.3. The van der Waals surface area contributed by atoms with Crippen LogP contribution in [0.3, 0.4) is 0 Å². The molecule has 50 heavy (non-hydrogen) atoms. The van der Waals surface area contributed by atoms with Crippen molar-refractivity contribution < 1.29 is 33.8 Å². The molecule has 0 aromatic heterocycles. The van der Waals surface area contributed by atoms with Crippen LogP contribution in [0.25, 0.3) is 0 Å². The van der Waals surface area contributed by atoms with E-state index in [1.807, 2.05) is 26.8 Å².